The van der Waals surface area contributed by atoms with Crippen LogP contribution in [0.15, 0.2) is 29.2 Å². The minimum Gasteiger partial charge on any atom is -0.342 e. The number of amides is 1. The number of nitrogens with one attached hydrogen (secondary N) is 1. The number of likely N-dealkylation sites (N-methyl/N-ethyl adjacent to an activating group) is 1. The van der Waals surface area contributed by atoms with Crippen molar-refractivity contribution in [2.75, 3.05) is 19.6 Å². The molecule has 0 unspecified atom stereocenters. The lowest BCUT2D eigenvalue weighted by Gasteiger charge is -2.18. The summed E-state index contributed by atoms with van der Waals surface area (Å²) in [5, 5.41) is 0. The van der Waals surface area contributed by atoms with Crippen molar-refractivity contribution in [3.63, 3.8) is 0 Å². The molecule has 1 aromatic rings. The second-order valence-electron chi connectivity index (χ2n) is 4.21. The number of hydrogen-bond donors (Lipinski definition) is 1. The quantitative estimate of drug-likeness (QED) is 0.852. The predicted molar refractivity (Wildman–Crippen MR) is 74.3 cm³/mol. The summed E-state index contributed by atoms with van der Waals surface area (Å²) in [6.07, 6.45) is 0. The summed E-state index contributed by atoms with van der Waals surface area (Å²) in [4.78, 5) is 13.5. The standard InChI is InChI=1S/C13H20N2O3S/c1-4-15(5-2)13(16)10-14-19(17,18)12-8-6-7-11(3)9-12/h6-9,14H,4-5,10H2,1-3H3. The van der Waals surface area contributed by atoms with E-state index in [1.165, 1.54) is 6.07 Å². The van der Waals surface area contributed by atoms with Crippen LogP contribution in [0.5, 0.6) is 0 Å². The van der Waals surface area contributed by atoms with Crippen molar-refractivity contribution in [1.82, 2.24) is 9.62 Å². The van der Waals surface area contributed by atoms with Crippen molar-refractivity contribution in [1.29, 1.82) is 0 Å². The Balaban J connectivity index is 2.74. The molecule has 1 rings (SSSR count). The molecule has 0 saturated carbocycles. The van der Waals surface area contributed by atoms with Crippen molar-refractivity contribution in [2.24, 2.45) is 0 Å². The highest BCUT2D eigenvalue weighted by Gasteiger charge is 2.17. The molecule has 0 aliphatic rings. The molecule has 19 heavy (non-hydrogen) atoms. The number of carbonyl (C=O) groups excluding carboxylic acids is 1. The molecule has 0 aliphatic carbocycles. The zero-order valence-electron chi connectivity index (χ0n) is 11.5. The van der Waals surface area contributed by atoms with Crippen LogP contribution in [0.3, 0.4) is 0 Å². The molecule has 0 aliphatic heterocycles. The average molecular weight is 284 g/mol. The van der Waals surface area contributed by atoms with Crippen molar-refractivity contribution >= 4 is 15.9 Å². The van der Waals surface area contributed by atoms with Crippen LogP contribution in [-0.4, -0.2) is 38.9 Å². The molecular weight excluding hydrogens is 264 g/mol. The summed E-state index contributed by atoms with van der Waals surface area (Å²) >= 11 is 0. The number of benzene rings is 1. The van der Waals surface area contributed by atoms with Crippen LogP contribution < -0.4 is 4.72 Å². The van der Waals surface area contributed by atoms with E-state index in [4.69, 9.17) is 0 Å². The van der Waals surface area contributed by atoms with E-state index in [2.05, 4.69) is 4.72 Å². The van der Waals surface area contributed by atoms with Crippen LogP contribution in [-0.2, 0) is 14.8 Å². The van der Waals surface area contributed by atoms with Gasteiger partial charge in [0.05, 0.1) is 11.4 Å². The molecule has 0 saturated heterocycles. The first-order valence-electron chi connectivity index (χ1n) is 6.24. The number of rotatable bonds is 6. The third-order valence-corrected chi connectivity index (χ3v) is 4.23. The van der Waals surface area contributed by atoms with Gasteiger partial charge in [-0.15, -0.1) is 0 Å². The lowest BCUT2D eigenvalue weighted by molar-refractivity contribution is -0.129. The number of nitrogens with zero attached hydrogens (tertiary/aromatic N) is 1. The van der Waals surface area contributed by atoms with Crippen LogP contribution in [0, 0.1) is 6.92 Å². The van der Waals surface area contributed by atoms with Gasteiger partial charge in [0.15, 0.2) is 0 Å². The van der Waals surface area contributed by atoms with Gasteiger partial charge in [-0.3, -0.25) is 4.79 Å². The molecule has 0 radical (unpaired) electrons. The monoisotopic (exact) mass is 284 g/mol. The fourth-order valence-corrected chi connectivity index (χ4v) is 2.79. The van der Waals surface area contributed by atoms with Crippen LogP contribution in [0.2, 0.25) is 0 Å². The lowest BCUT2D eigenvalue weighted by Crippen LogP contribution is -2.39. The van der Waals surface area contributed by atoms with E-state index in [1.54, 1.807) is 17.0 Å². The Morgan fingerprint density at radius 2 is 1.89 bits per heavy atom. The van der Waals surface area contributed by atoms with E-state index >= 15 is 0 Å². The SMILES string of the molecule is CCN(CC)C(=O)CNS(=O)(=O)c1cccc(C)c1. The third-order valence-electron chi connectivity index (χ3n) is 2.83. The number of sulfonamides is 1. The van der Waals surface area contributed by atoms with Gasteiger partial charge in [0, 0.05) is 13.1 Å². The summed E-state index contributed by atoms with van der Waals surface area (Å²) in [7, 11) is -3.63. The van der Waals surface area contributed by atoms with Crippen molar-refractivity contribution in [3.05, 3.63) is 29.8 Å². The van der Waals surface area contributed by atoms with Gasteiger partial charge in [0.2, 0.25) is 15.9 Å². The number of aryl methyl sites for hydroxylation is 1. The maximum absolute atomic E-state index is 12.0. The maximum Gasteiger partial charge on any atom is 0.241 e. The Labute approximate surface area is 114 Å². The molecule has 0 fully saturated rings. The van der Waals surface area contributed by atoms with Gasteiger partial charge in [-0.25, -0.2) is 13.1 Å². The summed E-state index contributed by atoms with van der Waals surface area (Å²) in [6.45, 7) is 6.47. The molecule has 0 atom stereocenters. The van der Waals surface area contributed by atoms with E-state index in [-0.39, 0.29) is 17.3 Å². The first-order chi connectivity index (χ1) is 8.90. The Morgan fingerprint density at radius 1 is 1.26 bits per heavy atom. The van der Waals surface area contributed by atoms with Gasteiger partial charge < -0.3 is 4.90 Å². The largest absolute Gasteiger partial charge is 0.342 e. The van der Waals surface area contributed by atoms with E-state index in [1.807, 2.05) is 26.8 Å². The van der Waals surface area contributed by atoms with Crippen LogP contribution in [0.25, 0.3) is 0 Å². The van der Waals surface area contributed by atoms with Crippen LogP contribution in [0.4, 0.5) is 0 Å². The van der Waals surface area contributed by atoms with Crippen molar-refractivity contribution in [3.8, 4) is 0 Å². The Bertz CT molecular complexity index is 537. The Morgan fingerprint density at radius 3 is 2.42 bits per heavy atom. The minimum atomic E-state index is -3.63. The Hall–Kier alpha value is -1.40. The summed E-state index contributed by atoms with van der Waals surface area (Å²) in [5.41, 5.74) is 0.859. The molecule has 6 heteroatoms. The van der Waals surface area contributed by atoms with Crippen LogP contribution in [0.1, 0.15) is 19.4 Å². The molecule has 1 amide bonds. The van der Waals surface area contributed by atoms with Crippen molar-refractivity contribution < 1.29 is 13.2 Å². The number of carbonyl (C=O) groups is 1. The van der Waals surface area contributed by atoms with E-state index < -0.39 is 10.0 Å². The summed E-state index contributed by atoms with van der Waals surface area (Å²) < 4.78 is 26.3. The highest BCUT2D eigenvalue weighted by molar-refractivity contribution is 7.89. The van der Waals surface area contributed by atoms with Gasteiger partial charge in [-0.1, -0.05) is 12.1 Å². The fourth-order valence-electron chi connectivity index (χ4n) is 1.71. The molecule has 0 spiro atoms. The Kier molecular flexibility index (Phi) is 5.50. The average Bonchev–Trinajstić information content (AvgIpc) is 2.38. The smallest absolute Gasteiger partial charge is 0.241 e. The second-order valence-corrected chi connectivity index (χ2v) is 5.97. The van der Waals surface area contributed by atoms with Gasteiger partial charge in [0.1, 0.15) is 0 Å². The van der Waals surface area contributed by atoms with Gasteiger partial charge in [-0.05, 0) is 38.5 Å². The van der Waals surface area contributed by atoms with Crippen LogP contribution >= 0.6 is 0 Å². The highest BCUT2D eigenvalue weighted by Crippen LogP contribution is 2.10. The topological polar surface area (TPSA) is 66.5 Å². The third kappa shape index (κ3) is 4.33. The first kappa shape index (κ1) is 15.7. The van der Waals surface area contributed by atoms with Gasteiger partial charge >= 0.3 is 0 Å². The van der Waals surface area contributed by atoms with Gasteiger partial charge in [-0.2, -0.15) is 0 Å². The normalized spacial score (nSPS) is 11.3. The van der Waals surface area contributed by atoms with Crippen molar-refractivity contribution in [2.45, 2.75) is 25.7 Å². The molecular formula is C13H20N2O3S. The zero-order valence-corrected chi connectivity index (χ0v) is 12.3. The molecule has 1 N–H and O–H groups in total. The van der Waals surface area contributed by atoms with E-state index in [9.17, 15) is 13.2 Å². The zero-order chi connectivity index (χ0) is 14.5. The number of hydrogen-bond acceptors (Lipinski definition) is 3. The molecule has 5 nitrogen and oxygen atoms in total. The van der Waals surface area contributed by atoms with E-state index in [0.717, 1.165) is 5.56 Å². The summed E-state index contributed by atoms with van der Waals surface area (Å²) in [5.74, 6) is -0.221. The molecule has 0 heterocycles. The first-order valence-corrected chi connectivity index (χ1v) is 7.73. The lowest BCUT2D eigenvalue weighted by atomic mass is 10.2. The molecule has 0 bridgehead atoms. The van der Waals surface area contributed by atoms with Gasteiger partial charge in [0.25, 0.3) is 0 Å². The molecule has 106 valence electrons. The maximum atomic E-state index is 12.0. The minimum absolute atomic E-state index is 0.180. The van der Waals surface area contributed by atoms with E-state index in [0.29, 0.717) is 13.1 Å². The predicted octanol–water partition coefficient (Wildman–Crippen LogP) is 1.14. The fraction of sp³-hybridized carbons (Fsp3) is 0.462. The summed E-state index contributed by atoms with van der Waals surface area (Å²) in [6, 6.07) is 6.58. The molecule has 1 aromatic carbocycles. The highest BCUT2D eigenvalue weighted by atomic mass is 32.2. The second kappa shape index (κ2) is 6.68. The molecule has 0 aromatic heterocycles.